The summed E-state index contributed by atoms with van der Waals surface area (Å²) in [5, 5.41) is 7.31. The third-order valence-corrected chi connectivity index (χ3v) is 4.37. The first-order valence-corrected chi connectivity index (χ1v) is 8.34. The molecule has 0 bridgehead atoms. The van der Waals surface area contributed by atoms with E-state index >= 15 is 0 Å². The molecule has 0 radical (unpaired) electrons. The summed E-state index contributed by atoms with van der Waals surface area (Å²) in [7, 11) is 0. The molecule has 0 spiro atoms. The molecule has 1 N–H and O–H groups in total. The molecule has 3 aromatic heterocycles. The van der Waals surface area contributed by atoms with Crippen LogP contribution in [0, 0.1) is 0 Å². The predicted molar refractivity (Wildman–Crippen MR) is 89.3 cm³/mol. The van der Waals surface area contributed by atoms with Crippen molar-refractivity contribution in [2.75, 3.05) is 6.54 Å². The third-order valence-electron chi connectivity index (χ3n) is 4.37. The third kappa shape index (κ3) is 3.66. The van der Waals surface area contributed by atoms with E-state index in [1.807, 2.05) is 35.0 Å². The largest absolute Gasteiger partial charge is 0.468 e. The second-order valence-corrected chi connectivity index (χ2v) is 6.23. The fourth-order valence-electron chi connectivity index (χ4n) is 3.24. The molecule has 130 valence electrons. The molecule has 1 atom stereocenters. The molecule has 4 heterocycles. The number of furan rings is 2. The van der Waals surface area contributed by atoms with Crippen LogP contribution >= 0.6 is 0 Å². The maximum atomic E-state index is 12.3. The topological polar surface area (TPSA) is 76.4 Å². The van der Waals surface area contributed by atoms with Crippen LogP contribution in [0.3, 0.4) is 0 Å². The van der Waals surface area contributed by atoms with Gasteiger partial charge in [0, 0.05) is 19.3 Å². The molecule has 3 aromatic rings. The van der Waals surface area contributed by atoms with Crippen molar-refractivity contribution in [3.8, 4) is 0 Å². The van der Waals surface area contributed by atoms with Gasteiger partial charge in [-0.3, -0.25) is 14.4 Å². The molecule has 1 amide bonds. The predicted octanol–water partition coefficient (Wildman–Crippen LogP) is 2.33. The monoisotopic (exact) mass is 340 g/mol. The molecule has 7 nitrogen and oxygen atoms in total. The SMILES string of the molecule is O=C(CC1CN(Cc2ccco2)Cc2ccnn21)NCc1ccco1. The smallest absolute Gasteiger partial charge is 0.222 e. The fraction of sp³-hybridized carbons (Fsp3) is 0.333. The number of nitrogens with zero attached hydrogens (tertiary/aromatic N) is 3. The molecule has 7 heteroatoms. The number of carbonyl (C=O) groups excluding carboxylic acids is 1. The summed E-state index contributed by atoms with van der Waals surface area (Å²) in [4.78, 5) is 14.6. The normalized spacial score (nSPS) is 17.4. The molecular weight excluding hydrogens is 320 g/mol. The van der Waals surface area contributed by atoms with Gasteiger partial charge in [-0.25, -0.2) is 0 Å². The summed E-state index contributed by atoms with van der Waals surface area (Å²) in [6.45, 7) is 2.68. The summed E-state index contributed by atoms with van der Waals surface area (Å²) in [6.07, 6.45) is 5.46. The van der Waals surface area contributed by atoms with Crippen LogP contribution < -0.4 is 5.32 Å². The lowest BCUT2D eigenvalue weighted by molar-refractivity contribution is -0.122. The Labute approximate surface area is 145 Å². The number of hydrogen-bond acceptors (Lipinski definition) is 5. The Morgan fingerprint density at radius 1 is 1.20 bits per heavy atom. The van der Waals surface area contributed by atoms with Gasteiger partial charge in [0.2, 0.25) is 5.91 Å². The Kier molecular flexibility index (Phi) is 4.39. The van der Waals surface area contributed by atoms with Crippen molar-refractivity contribution in [1.29, 1.82) is 0 Å². The van der Waals surface area contributed by atoms with Crippen molar-refractivity contribution in [2.24, 2.45) is 0 Å². The lowest BCUT2D eigenvalue weighted by Gasteiger charge is -2.33. The lowest BCUT2D eigenvalue weighted by Crippen LogP contribution is -2.39. The van der Waals surface area contributed by atoms with Gasteiger partial charge in [-0.1, -0.05) is 0 Å². The maximum absolute atomic E-state index is 12.3. The zero-order valence-corrected chi connectivity index (χ0v) is 13.8. The van der Waals surface area contributed by atoms with Crippen LogP contribution in [0.5, 0.6) is 0 Å². The van der Waals surface area contributed by atoms with Crippen molar-refractivity contribution < 1.29 is 13.6 Å². The van der Waals surface area contributed by atoms with Crippen LogP contribution in [0.2, 0.25) is 0 Å². The number of fused-ring (bicyclic) bond motifs is 1. The van der Waals surface area contributed by atoms with E-state index in [1.54, 1.807) is 18.7 Å². The molecular formula is C18H20N4O3. The van der Waals surface area contributed by atoms with E-state index in [9.17, 15) is 4.79 Å². The van der Waals surface area contributed by atoms with Crippen LogP contribution in [-0.4, -0.2) is 27.1 Å². The second kappa shape index (κ2) is 6.98. The number of hydrogen-bond donors (Lipinski definition) is 1. The number of rotatable bonds is 6. The van der Waals surface area contributed by atoms with Crippen LogP contribution in [0.15, 0.2) is 57.9 Å². The van der Waals surface area contributed by atoms with Crippen molar-refractivity contribution >= 4 is 5.91 Å². The molecule has 0 saturated carbocycles. The second-order valence-electron chi connectivity index (χ2n) is 6.23. The lowest BCUT2D eigenvalue weighted by atomic mass is 10.1. The Morgan fingerprint density at radius 2 is 2.00 bits per heavy atom. The summed E-state index contributed by atoms with van der Waals surface area (Å²) < 4.78 is 12.7. The van der Waals surface area contributed by atoms with Gasteiger partial charge in [-0.15, -0.1) is 0 Å². The van der Waals surface area contributed by atoms with Gasteiger partial charge < -0.3 is 14.2 Å². The van der Waals surface area contributed by atoms with Crippen molar-refractivity contribution in [2.45, 2.75) is 32.1 Å². The highest BCUT2D eigenvalue weighted by molar-refractivity contribution is 5.76. The number of carbonyl (C=O) groups is 1. The highest BCUT2D eigenvalue weighted by atomic mass is 16.3. The van der Waals surface area contributed by atoms with Gasteiger partial charge in [0.05, 0.1) is 43.8 Å². The van der Waals surface area contributed by atoms with E-state index in [4.69, 9.17) is 8.83 Å². The van der Waals surface area contributed by atoms with E-state index < -0.39 is 0 Å². The first-order valence-electron chi connectivity index (χ1n) is 8.34. The summed E-state index contributed by atoms with van der Waals surface area (Å²) >= 11 is 0. The van der Waals surface area contributed by atoms with Crippen LogP contribution in [0.4, 0.5) is 0 Å². The van der Waals surface area contributed by atoms with Gasteiger partial charge in [0.1, 0.15) is 11.5 Å². The number of aromatic nitrogens is 2. The average molecular weight is 340 g/mol. The van der Waals surface area contributed by atoms with E-state index in [1.165, 1.54) is 0 Å². The number of nitrogens with one attached hydrogen (secondary N) is 1. The molecule has 0 aromatic carbocycles. The van der Waals surface area contributed by atoms with Crippen LogP contribution in [0.25, 0.3) is 0 Å². The zero-order valence-electron chi connectivity index (χ0n) is 13.8. The Bertz CT molecular complexity index is 807. The van der Waals surface area contributed by atoms with E-state index in [0.29, 0.717) is 13.0 Å². The highest BCUT2D eigenvalue weighted by Gasteiger charge is 2.27. The van der Waals surface area contributed by atoms with Crippen molar-refractivity contribution in [3.63, 3.8) is 0 Å². The fourth-order valence-corrected chi connectivity index (χ4v) is 3.24. The minimum atomic E-state index is -0.0114. The van der Waals surface area contributed by atoms with Crippen molar-refractivity contribution in [1.82, 2.24) is 20.0 Å². The quantitative estimate of drug-likeness (QED) is 0.745. The Balaban J connectivity index is 1.40. The highest BCUT2D eigenvalue weighted by Crippen LogP contribution is 2.24. The molecule has 25 heavy (non-hydrogen) atoms. The first kappa shape index (κ1) is 15.7. The zero-order chi connectivity index (χ0) is 17.1. The molecule has 4 rings (SSSR count). The minimum absolute atomic E-state index is 0.00492. The number of amides is 1. The molecule has 1 aliphatic heterocycles. The van der Waals surface area contributed by atoms with Gasteiger partial charge in [0.25, 0.3) is 0 Å². The van der Waals surface area contributed by atoms with Gasteiger partial charge in [0.15, 0.2) is 0 Å². The molecule has 0 saturated heterocycles. The molecule has 1 aliphatic rings. The Morgan fingerprint density at radius 3 is 2.76 bits per heavy atom. The van der Waals surface area contributed by atoms with Gasteiger partial charge in [-0.05, 0) is 30.3 Å². The van der Waals surface area contributed by atoms with Gasteiger partial charge in [-0.2, -0.15) is 5.10 Å². The summed E-state index contributed by atoms with van der Waals surface area (Å²) in [5.41, 5.74) is 1.11. The molecule has 1 unspecified atom stereocenters. The average Bonchev–Trinajstić information content (AvgIpc) is 3.35. The van der Waals surface area contributed by atoms with E-state index in [0.717, 1.165) is 36.8 Å². The van der Waals surface area contributed by atoms with Crippen LogP contribution in [0.1, 0.15) is 29.7 Å². The maximum Gasteiger partial charge on any atom is 0.222 e. The molecule has 0 aliphatic carbocycles. The minimum Gasteiger partial charge on any atom is -0.468 e. The van der Waals surface area contributed by atoms with Crippen LogP contribution in [-0.2, 0) is 24.4 Å². The van der Waals surface area contributed by atoms with E-state index in [2.05, 4.69) is 15.3 Å². The van der Waals surface area contributed by atoms with Crippen molar-refractivity contribution in [3.05, 3.63) is 66.3 Å². The van der Waals surface area contributed by atoms with Gasteiger partial charge >= 0.3 is 0 Å². The summed E-state index contributed by atoms with van der Waals surface area (Å²) in [5.74, 6) is 1.66. The standard InChI is InChI=1S/C18H20N4O3/c23-18(19-10-16-3-1-7-24-16)9-15-12-21(13-17-4-2-8-25-17)11-14-5-6-20-22(14)15/h1-8,15H,9-13H2,(H,19,23). The molecule has 0 fully saturated rings. The summed E-state index contributed by atoms with van der Waals surface area (Å²) in [6, 6.07) is 9.52. The first-order chi connectivity index (χ1) is 12.3. The Hall–Kier alpha value is -2.80. The van der Waals surface area contributed by atoms with E-state index in [-0.39, 0.29) is 11.9 Å².